The Morgan fingerprint density at radius 3 is 2.82 bits per heavy atom. The van der Waals surface area contributed by atoms with Crippen molar-refractivity contribution < 1.29 is 0 Å². The summed E-state index contributed by atoms with van der Waals surface area (Å²) in [5.41, 5.74) is 1.27. The molecule has 92 valence electrons. The highest BCUT2D eigenvalue weighted by Gasteiger charge is 2.20. The van der Waals surface area contributed by atoms with Crippen LogP contribution < -0.4 is 5.32 Å². The zero-order chi connectivity index (χ0) is 12.1. The van der Waals surface area contributed by atoms with Crippen molar-refractivity contribution in [1.82, 2.24) is 15.2 Å². The van der Waals surface area contributed by atoms with Gasteiger partial charge in [0.1, 0.15) is 4.60 Å². The van der Waals surface area contributed by atoms with E-state index in [1.54, 1.807) is 0 Å². The topological polar surface area (TPSA) is 28.2 Å². The number of aromatic nitrogens is 1. The van der Waals surface area contributed by atoms with Crippen LogP contribution in [0.3, 0.4) is 0 Å². The molecule has 1 aliphatic rings. The van der Waals surface area contributed by atoms with Gasteiger partial charge >= 0.3 is 0 Å². The lowest BCUT2D eigenvalue weighted by Crippen LogP contribution is -2.45. The summed E-state index contributed by atoms with van der Waals surface area (Å²) in [6.45, 7) is 8.18. The van der Waals surface area contributed by atoms with Crippen LogP contribution in [0.5, 0.6) is 0 Å². The fourth-order valence-corrected chi connectivity index (χ4v) is 2.47. The van der Waals surface area contributed by atoms with Gasteiger partial charge in [-0.25, -0.2) is 4.98 Å². The van der Waals surface area contributed by atoms with Crippen molar-refractivity contribution in [1.29, 1.82) is 0 Å². The number of halogens is 1. The number of rotatable bonds is 4. The summed E-state index contributed by atoms with van der Waals surface area (Å²) in [7, 11) is 0. The average molecular weight is 296 g/mol. The third-order valence-electron chi connectivity index (χ3n) is 3.12. The van der Waals surface area contributed by atoms with E-state index >= 15 is 0 Å². The molecule has 0 spiro atoms. The predicted molar refractivity (Wildman–Crippen MR) is 73.9 cm³/mol. The van der Waals surface area contributed by atoms with Gasteiger partial charge in [0.25, 0.3) is 0 Å². The number of pyridine rings is 1. The number of nitrogens with zero attached hydrogens (tertiary/aromatic N) is 2. The van der Waals surface area contributed by atoms with Gasteiger partial charge in [0.05, 0.1) is 0 Å². The van der Waals surface area contributed by atoms with E-state index in [1.165, 1.54) is 5.56 Å². The zero-order valence-electron chi connectivity index (χ0n) is 9.90. The average Bonchev–Trinajstić information content (AvgIpc) is 2.38. The molecule has 0 amide bonds. The Bertz CT molecular complexity index is 357. The van der Waals surface area contributed by atoms with E-state index in [4.69, 9.17) is 0 Å². The van der Waals surface area contributed by atoms with Gasteiger partial charge in [0, 0.05) is 38.4 Å². The molecule has 1 saturated heterocycles. The molecule has 2 rings (SSSR count). The quantitative estimate of drug-likeness (QED) is 0.683. The maximum absolute atomic E-state index is 4.32. The first-order chi connectivity index (χ1) is 8.31. The maximum atomic E-state index is 4.32. The summed E-state index contributed by atoms with van der Waals surface area (Å²) in [5.74, 6) is 0. The summed E-state index contributed by atoms with van der Waals surface area (Å²) in [4.78, 5) is 6.82. The molecule has 0 bridgehead atoms. The van der Waals surface area contributed by atoms with Crippen LogP contribution >= 0.6 is 15.9 Å². The fraction of sp³-hybridized carbons (Fsp3) is 0.462. The summed E-state index contributed by atoms with van der Waals surface area (Å²) in [5, 5.41) is 3.38. The lowest BCUT2D eigenvalue weighted by molar-refractivity contribution is 0.174. The van der Waals surface area contributed by atoms with Crippen molar-refractivity contribution >= 4 is 15.9 Å². The van der Waals surface area contributed by atoms with Crippen molar-refractivity contribution in [3.05, 3.63) is 41.2 Å². The number of nitrogens with one attached hydrogen (secondary N) is 1. The van der Waals surface area contributed by atoms with E-state index in [0.717, 1.165) is 37.2 Å². The molecule has 17 heavy (non-hydrogen) atoms. The Hall–Kier alpha value is -0.710. The third kappa shape index (κ3) is 3.37. The van der Waals surface area contributed by atoms with Crippen molar-refractivity contribution in [2.24, 2.45) is 0 Å². The standard InChI is InChI=1S/C13H18BrN3/c1-2-3-12(17-8-6-15-7-9-17)11-4-5-13(14)16-10-11/h2,4-5,10,12,15H,1,3,6-9H2/t12-/m0/s1. The minimum absolute atomic E-state index is 0.412. The van der Waals surface area contributed by atoms with E-state index in [-0.39, 0.29) is 0 Å². The van der Waals surface area contributed by atoms with Gasteiger partial charge in [-0.3, -0.25) is 4.90 Å². The van der Waals surface area contributed by atoms with Crippen LogP contribution in [0.4, 0.5) is 0 Å². The largest absolute Gasteiger partial charge is 0.314 e. The molecule has 0 unspecified atom stereocenters. The monoisotopic (exact) mass is 295 g/mol. The molecule has 1 N–H and O–H groups in total. The molecular formula is C13H18BrN3. The van der Waals surface area contributed by atoms with E-state index in [1.807, 2.05) is 18.3 Å². The van der Waals surface area contributed by atoms with Crippen LogP contribution in [0.1, 0.15) is 18.0 Å². The highest BCUT2D eigenvalue weighted by Crippen LogP contribution is 2.25. The van der Waals surface area contributed by atoms with E-state index in [9.17, 15) is 0 Å². The lowest BCUT2D eigenvalue weighted by Gasteiger charge is -2.34. The Morgan fingerprint density at radius 1 is 1.47 bits per heavy atom. The number of piperazine rings is 1. The second-order valence-corrected chi connectivity index (χ2v) is 5.05. The highest BCUT2D eigenvalue weighted by atomic mass is 79.9. The molecule has 1 aliphatic heterocycles. The lowest BCUT2D eigenvalue weighted by atomic mass is 10.0. The highest BCUT2D eigenvalue weighted by molar-refractivity contribution is 9.10. The number of hydrogen-bond acceptors (Lipinski definition) is 3. The second kappa shape index (κ2) is 6.28. The molecule has 1 aromatic rings. The number of hydrogen-bond donors (Lipinski definition) is 1. The Morgan fingerprint density at radius 2 is 2.24 bits per heavy atom. The van der Waals surface area contributed by atoms with Gasteiger partial charge in [0.15, 0.2) is 0 Å². The van der Waals surface area contributed by atoms with E-state index < -0.39 is 0 Å². The Labute approximate surface area is 111 Å². The maximum Gasteiger partial charge on any atom is 0.106 e. The molecule has 3 nitrogen and oxygen atoms in total. The summed E-state index contributed by atoms with van der Waals surface area (Å²) in [6, 6.07) is 4.57. The predicted octanol–water partition coefficient (Wildman–Crippen LogP) is 2.37. The Kier molecular flexibility index (Phi) is 4.71. The molecule has 0 aliphatic carbocycles. The van der Waals surface area contributed by atoms with Gasteiger partial charge < -0.3 is 5.32 Å². The molecule has 2 heterocycles. The molecule has 0 radical (unpaired) electrons. The molecule has 1 atom stereocenters. The summed E-state index contributed by atoms with van der Waals surface area (Å²) >= 11 is 3.37. The molecule has 1 aromatic heterocycles. The van der Waals surface area contributed by atoms with Crippen LogP contribution in [0.15, 0.2) is 35.6 Å². The zero-order valence-corrected chi connectivity index (χ0v) is 11.5. The third-order valence-corrected chi connectivity index (χ3v) is 3.59. The molecule has 4 heteroatoms. The van der Waals surface area contributed by atoms with Crippen LogP contribution in [0.25, 0.3) is 0 Å². The molecular weight excluding hydrogens is 278 g/mol. The van der Waals surface area contributed by atoms with Gasteiger partial charge in [-0.15, -0.1) is 6.58 Å². The fourth-order valence-electron chi connectivity index (χ4n) is 2.23. The van der Waals surface area contributed by atoms with Gasteiger partial charge in [-0.1, -0.05) is 12.1 Å². The van der Waals surface area contributed by atoms with Crippen LogP contribution in [0.2, 0.25) is 0 Å². The van der Waals surface area contributed by atoms with E-state index in [0.29, 0.717) is 6.04 Å². The minimum atomic E-state index is 0.412. The first-order valence-corrected chi connectivity index (χ1v) is 6.77. The van der Waals surface area contributed by atoms with Crippen molar-refractivity contribution in [3.63, 3.8) is 0 Å². The minimum Gasteiger partial charge on any atom is -0.314 e. The van der Waals surface area contributed by atoms with Crippen LogP contribution in [-0.2, 0) is 0 Å². The summed E-state index contributed by atoms with van der Waals surface area (Å²) < 4.78 is 0.888. The van der Waals surface area contributed by atoms with Crippen LogP contribution in [0, 0.1) is 0 Å². The van der Waals surface area contributed by atoms with Crippen molar-refractivity contribution in [2.75, 3.05) is 26.2 Å². The van der Waals surface area contributed by atoms with Crippen molar-refractivity contribution in [2.45, 2.75) is 12.5 Å². The van der Waals surface area contributed by atoms with E-state index in [2.05, 4.69) is 43.8 Å². The van der Waals surface area contributed by atoms with Gasteiger partial charge in [-0.2, -0.15) is 0 Å². The molecule has 0 saturated carbocycles. The second-order valence-electron chi connectivity index (χ2n) is 4.24. The SMILES string of the molecule is C=CC[C@@H](c1ccc(Br)nc1)N1CCNCC1. The first kappa shape index (κ1) is 12.7. The molecule has 0 aromatic carbocycles. The molecule has 1 fully saturated rings. The normalized spacial score (nSPS) is 18.9. The first-order valence-electron chi connectivity index (χ1n) is 5.98. The summed E-state index contributed by atoms with van der Waals surface area (Å²) in [6.07, 6.45) is 4.93. The van der Waals surface area contributed by atoms with Gasteiger partial charge in [-0.05, 0) is 34.0 Å². The Balaban J connectivity index is 2.15. The van der Waals surface area contributed by atoms with Gasteiger partial charge in [0.2, 0.25) is 0 Å². The smallest absolute Gasteiger partial charge is 0.106 e. The van der Waals surface area contributed by atoms with Crippen molar-refractivity contribution in [3.8, 4) is 0 Å². The van der Waals surface area contributed by atoms with Crippen LogP contribution in [-0.4, -0.2) is 36.1 Å².